The Balaban J connectivity index is 0.00000121. The van der Waals surface area contributed by atoms with Crippen molar-refractivity contribution in [3.63, 3.8) is 0 Å². The minimum Gasteiger partial charge on any atom is -0.353 e. The summed E-state index contributed by atoms with van der Waals surface area (Å²) in [6.45, 7) is 4.91. The number of fused-ring (bicyclic) bond motifs is 1. The summed E-state index contributed by atoms with van der Waals surface area (Å²) >= 11 is 0. The van der Waals surface area contributed by atoms with E-state index in [0.717, 1.165) is 26.1 Å². The monoisotopic (exact) mass is 345 g/mol. The van der Waals surface area contributed by atoms with Crippen LogP contribution in [0.3, 0.4) is 0 Å². The average Bonchev–Trinajstić information content (AvgIpc) is 3.00. The number of amides is 1. The van der Waals surface area contributed by atoms with Gasteiger partial charge in [-0.25, -0.2) is 0 Å². The van der Waals surface area contributed by atoms with Gasteiger partial charge in [0.1, 0.15) is 0 Å². The van der Waals surface area contributed by atoms with Crippen molar-refractivity contribution in [3.05, 3.63) is 35.4 Å². The van der Waals surface area contributed by atoms with Crippen molar-refractivity contribution in [2.45, 2.75) is 31.8 Å². The van der Waals surface area contributed by atoms with Crippen LogP contribution in [0.5, 0.6) is 0 Å². The minimum atomic E-state index is -0.0801. The summed E-state index contributed by atoms with van der Waals surface area (Å²) in [4.78, 5) is 14.6. The van der Waals surface area contributed by atoms with Gasteiger partial charge in [0, 0.05) is 19.6 Å². The molecule has 1 aromatic carbocycles. The molecule has 22 heavy (non-hydrogen) atoms. The molecular formula is C16H25Cl2N3O. The van der Waals surface area contributed by atoms with Crippen molar-refractivity contribution in [1.82, 2.24) is 15.5 Å². The molecule has 2 aliphatic heterocycles. The summed E-state index contributed by atoms with van der Waals surface area (Å²) in [7, 11) is 0. The first-order chi connectivity index (χ1) is 9.83. The highest BCUT2D eigenvalue weighted by atomic mass is 35.5. The predicted molar refractivity (Wildman–Crippen MR) is 94.0 cm³/mol. The molecule has 0 aliphatic carbocycles. The standard InChI is InChI=1S/C16H23N3O.2ClH/c20-16(17-7-10-19-8-3-4-9-19)15-11-13-5-1-2-6-14(13)12-18-15;;/h1-2,5-6,15,18H,3-4,7-12H2,(H,17,20);2*1H. The summed E-state index contributed by atoms with van der Waals surface area (Å²) in [5.74, 6) is 0.138. The first-order valence-corrected chi connectivity index (χ1v) is 7.63. The van der Waals surface area contributed by atoms with E-state index < -0.39 is 0 Å². The van der Waals surface area contributed by atoms with Gasteiger partial charge in [-0.1, -0.05) is 24.3 Å². The van der Waals surface area contributed by atoms with Gasteiger partial charge in [-0.2, -0.15) is 0 Å². The largest absolute Gasteiger partial charge is 0.353 e. The quantitative estimate of drug-likeness (QED) is 0.873. The van der Waals surface area contributed by atoms with Crippen molar-refractivity contribution < 1.29 is 4.79 Å². The number of hydrogen-bond acceptors (Lipinski definition) is 3. The lowest BCUT2D eigenvalue weighted by Gasteiger charge is -2.25. The third kappa shape index (κ3) is 4.85. The molecule has 1 fully saturated rings. The van der Waals surface area contributed by atoms with Gasteiger partial charge >= 0.3 is 0 Å². The zero-order valence-corrected chi connectivity index (χ0v) is 14.3. The zero-order chi connectivity index (χ0) is 13.8. The van der Waals surface area contributed by atoms with Gasteiger partial charge in [-0.05, 0) is 43.5 Å². The molecule has 1 atom stereocenters. The van der Waals surface area contributed by atoms with E-state index >= 15 is 0 Å². The van der Waals surface area contributed by atoms with Crippen LogP contribution in [0.2, 0.25) is 0 Å². The van der Waals surface area contributed by atoms with E-state index in [4.69, 9.17) is 0 Å². The van der Waals surface area contributed by atoms with Crippen LogP contribution in [-0.2, 0) is 17.8 Å². The predicted octanol–water partition coefficient (Wildman–Crippen LogP) is 1.76. The van der Waals surface area contributed by atoms with Crippen LogP contribution in [0.25, 0.3) is 0 Å². The van der Waals surface area contributed by atoms with Gasteiger partial charge in [-0.15, -0.1) is 24.8 Å². The Labute approximate surface area is 144 Å². The molecular weight excluding hydrogens is 321 g/mol. The molecule has 0 spiro atoms. The number of likely N-dealkylation sites (tertiary alicyclic amines) is 1. The Morgan fingerprint density at radius 3 is 2.59 bits per heavy atom. The lowest BCUT2D eigenvalue weighted by molar-refractivity contribution is -0.123. The van der Waals surface area contributed by atoms with E-state index in [1.54, 1.807) is 0 Å². The molecule has 1 saturated heterocycles. The third-order valence-electron chi connectivity index (χ3n) is 4.32. The lowest BCUT2D eigenvalue weighted by Crippen LogP contribution is -2.48. The van der Waals surface area contributed by atoms with Crippen LogP contribution in [0.4, 0.5) is 0 Å². The smallest absolute Gasteiger partial charge is 0.237 e. The maximum Gasteiger partial charge on any atom is 0.237 e. The highest BCUT2D eigenvalue weighted by molar-refractivity contribution is 5.85. The molecule has 0 aromatic heterocycles. The van der Waals surface area contributed by atoms with Crippen molar-refractivity contribution in [1.29, 1.82) is 0 Å². The third-order valence-corrected chi connectivity index (χ3v) is 4.32. The first-order valence-electron chi connectivity index (χ1n) is 7.63. The first kappa shape index (κ1) is 19.2. The van der Waals surface area contributed by atoms with Gasteiger partial charge in [0.2, 0.25) is 5.91 Å². The fourth-order valence-corrected chi connectivity index (χ4v) is 3.11. The summed E-state index contributed by atoms with van der Waals surface area (Å²) in [5, 5.41) is 6.39. The normalized spacial score (nSPS) is 20.5. The number of hydrogen-bond donors (Lipinski definition) is 2. The molecule has 2 heterocycles. The van der Waals surface area contributed by atoms with Crippen LogP contribution >= 0.6 is 24.8 Å². The fourth-order valence-electron chi connectivity index (χ4n) is 3.11. The van der Waals surface area contributed by atoms with Gasteiger partial charge in [0.15, 0.2) is 0 Å². The number of rotatable bonds is 4. The van der Waals surface area contributed by atoms with Crippen molar-refractivity contribution in [2.24, 2.45) is 0 Å². The fraction of sp³-hybridized carbons (Fsp3) is 0.562. The number of nitrogens with zero attached hydrogens (tertiary/aromatic N) is 1. The lowest BCUT2D eigenvalue weighted by atomic mass is 9.95. The maximum absolute atomic E-state index is 12.2. The summed E-state index contributed by atoms with van der Waals surface area (Å²) in [6, 6.07) is 8.28. The van der Waals surface area contributed by atoms with Crippen LogP contribution in [0.1, 0.15) is 24.0 Å². The molecule has 1 unspecified atom stereocenters. The number of carbonyl (C=O) groups excluding carboxylic acids is 1. The number of nitrogens with one attached hydrogen (secondary N) is 2. The maximum atomic E-state index is 12.2. The highest BCUT2D eigenvalue weighted by Gasteiger charge is 2.23. The Kier molecular flexibility index (Phi) is 8.18. The summed E-state index contributed by atoms with van der Waals surface area (Å²) < 4.78 is 0. The molecule has 2 N–H and O–H groups in total. The van der Waals surface area contributed by atoms with E-state index in [2.05, 4.69) is 33.7 Å². The number of halogens is 2. The molecule has 0 radical (unpaired) electrons. The van der Waals surface area contributed by atoms with Gasteiger partial charge in [-0.3, -0.25) is 4.79 Å². The van der Waals surface area contributed by atoms with E-state index in [1.807, 2.05) is 6.07 Å². The molecule has 2 aliphatic rings. The Morgan fingerprint density at radius 2 is 1.86 bits per heavy atom. The second kappa shape index (κ2) is 9.36. The molecule has 6 heteroatoms. The highest BCUT2D eigenvalue weighted by Crippen LogP contribution is 2.16. The average molecular weight is 346 g/mol. The molecule has 0 saturated carbocycles. The van der Waals surface area contributed by atoms with Gasteiger partial charge in [0.05, 0.1) is 6.04 Å². The van der Waals surface area contributed by atoms with Crippen LogP contribution in [-0.4, -0.2) is 43.0 Å². The Hall–Kier alpha value is -0.810. The minimum absolute atomic E-state index is 0. The molecule has 3 rings (SSSR count). The number of carbonyl (C=O) groups is 1. The van der Waals surface area contributed by atoms with E-state index in [-0.39, 0.29) is 36.8 Å². The van der Waals surface area contributed by atoms with Crippen LogP contribution < -0.4 is 10.6 Å². The van der Waals surface area contributed by atoms with Crippen molar-refractivity contribution >= 4 is 30.7 Å². The van der Waals surface area contributed by atoms with Gasteiger partial charge < -0.3 is 15.5 Å². The SMILES string of the molecule is Cl.Cl.O=C(NCCN1CCCC1)C1Cc2ccccc2CN1. The van der Waals surface area contributed by atoms with Crippen molar-refractivity contribution in [3.8, 4) is 0 Å². The zero-order valence-electron chi connectivity index (χ0n) is 12.7. The van der Waals surface area contributed by atoms with Crippen molar-refractivity contribution in [2.75, 3.05) is 26.2 Å². The second-order valence-electron chi connectivity index (χ2n) is 5.75. The summed E-state index contributed by atoms with van der Waals surface area (Å²) in [6.07, 6.45) is 3.40. The van der Waals surface area contributed by atoms with Crippen LogP contribution in [0, 0.1) is 0 Å². The van der Waals surface area contributed by atoms with Gasteiger partial charge in [0.25, 0.3) is 0 Å². The van der Waals surface area contributed by atoms with E-state index in [9.17, 15) is 4.79 Å². The Bertz CT molecular complexity index is 478. The second-order valence-corrected chi connectivity index (χ2v) is 5.75. The molecule has 124 valence electrons. The summed E-state index contributed by atoms with van der Waals surface area (Å²) in [5.41, 5.74) is 2.61. The number of benzene rings is 1. The molecule has 1 amide bonds. The molecule has 1 aromatic rings. The molecule has 4 nitrogen and oxygen atoms in total. The topological polar surface area (TPSA) is 44.4 Å². The van der Waals surface area contributed by atoms with Crippen LogP contribution in [0.15, 0.2) is 24.3 Å². The molecule has 0 bridgehead atoms. The van der Waals surface area contributed by atoms with E-state index in [0.29, 0.717) is 0 Å². The Morgan fingerprint density at radius 1 is 1.18 bits per heavy atom. The van der Waals surface area contributed by atoms with E-state index in [1.165, 1.54) is 37.1 Å².